The van der Waals surface area contributed by atoms with Crippen LogP contribution in [-0.2, 0) is 6.42 Å². The SMILES string of the molecule is CC(CN1CCC(CCCc2c[nH]c3ccc(-n4cnnc4)cc23)CC1)n1ccnc1. The van der Waals surface area contributed by atoms with Crippen molar-refractivity contribution in [3.63, 3.8) is 0 Å². The lowest BCUT2D eigenvalue weighted by atomic mass is 9.90. The number of likely N-dealkylation sites (tertiary alicyclic amines) is 1. The number of nitrogens with zero attached hydrogens (tertiary/aromatic N) is 6. The van der Waals surface area contributed by atoms with Crippen LogP contribution in [0.15, 0.2) is 55.8 Å². The molecule has 0 amide bonds. The second kappa shape index (κ2) is 9.06. The minimum Gasteiger partial charge on any atom is -0.361 e. The molecular weight excluding hydrogens is 386 g/mol. The largest absolute Gasteiger partial charge is 0.361 e. The number of fused-ring (bicyclic) bond motifs is 1. The van der Waals surface area contributed by atoms with E-state index < -0.39 is 0 Å². The summed E-state index contributed by atoms with van der Waals surface area (Å²) in [6.45, 7) is 5.84. The van der Waals surface area contributed by atoms with Crippen LogP contribution in [0.1, 0.15) is 44.2 Å². The third-order valence-corrected chi connectivity index (χ3v) is 6.79. The number of hydrogen-bond donors (Lipinski definition) is 1. The first-order chi connectivity index (χ1) is 15.3. The first-order valence-corrected chi connectivity index (χ1v) is 11.4. The number of rotatable bonds is 8. The molecule has 1 fully saturated rings. The molecule has 0 bridgehead atoms. The molecule has 1 atom stereocenters. The van der Waals surface area contributed by atoms with Crippen LogP contribution in [0.4, 0.5) is 0 Å². The molecule has 1 aliphatic heterocycles. The third-order valence-electron chi connectivity index (χ3n) is 6.79. The van der Waals surface area contributed by atoms with Crippen molar-refractivity contribution in [2.75, 3.05) is 19.6 Å². The van der Waals surface area contributed by atoms with Gasteiger partial charge < -0.3 is 14.5 Å². The molecular formula is C24H31N7. The predicted molar refractivity (Wildman–Crippen MR) is 122 cm³/mol. The number of H-pyrrole nitrogens is 1. The van der Waals surface area contributed by atoms with Crippen molar-refractivity contribution >= 4 is 10.9 Å². The zero-order chi connectivity index (χ0) is 21.0. The van der Waals surface area contributed by atoms with E-state index in [0.29, 0.717) is 6.04 Å². The second-order valence-corrected chi connectivity index (χ2v) is 8.91. The molecule has 0 saturated carbocycles. The van der Waals surface area contributed by atoms with Gasteiger partial charge in [0.15, 0.2) is 0 Å². The summed E-state index contributed by atoms with van der Waals surface area (Å²) in [5, 5.41) is 9.16. The highest BCUT2D eigenvalue weighted by Crippen LogP contribution is 2.27. The summed E-state index contributed by atoms with van der Waals surface area (Å²) in [5.74, 6) is 0.859. The van der Waals surface area contributed by atoms with Gasteiger partial charge in [0.1, 0.15) is 12.7 Å². The molecule has 1 saturated heterocycles. The van der Waals surface area contributed by atoms with Gasteiger partial charge in [-0.05, 0) is 75.4 Å². The Hall–Kier alpha value is -2.93. The number of piperidine rings is 1. The molecule has 1 N–H and O–H groups in total. The Morgan fingerprint density at radius 2 is 1.97 bits per heavy atom. The van der Waals surface area contributed by atoms with Crippen LogP contribution < -0.4 is 0 Å². The van der Waals surface area contributed by atoms with Gasteiger partial charge in [-0.3, -0.25) is 4.57 Å². The molecule has 1 unspecified atom stereocenters. The molecule has 7 nitrogen and oxygen atoms in total. The summed E-state index contributed by atoms with van der Waals surface area (Å²) in [4.78, 5) is 10.2. The molecule has 7 heteroatoms. The highest BCUT2D eigenvalue weighted by molar-refractivity contribution is 5.85. The summed E-state index contributed by atoms with van der Waals surface area (Å²) < 4.78 is 4.17. The highest BCUT2D eigenvalue weighted by Gasteiger charge is 2.20. The molecule has 0 spiro atoms. The molecule has 0 aliphatic carbocycles. The van der Waals surface area contributed by atoms with Gasteiger partial charge in [-0.2, -0.15) is 0 Å². The number of benzene rings is 1. The summed E-state index contributed by atoms with van der Waals surface area (Å²) >= 11 is 0. The van der Waals surface area contributed by atoms with Crippen LogP contribution in [0.5, 0.6) is 0 Å². The van der Waals surface area contributed by atoms with E-state index in [0.717, 1.165) is 24.6 Å². The number of aromatic nitrogens is 6. The molecule has 5 rings (SSSR count). The van der Waals surface area contributed by atoms with E-state index in [2.05, 4.69) is 67.1 Å². The minimum absolute atomic E-state index is 0.490. The maximum absolute atomic E-state index is 4.18. The van der Waals surface area contributed by atoms with Crippen LogP contribution in [0.2, 0.25) is 0 Å². The van der Waals surface area contributed by atoms with E-state index in [1.54, 1.807) is 12.7 Å². The predicted octanol–water partition coefficient (Wildman–Crippen LogP) is 4.24. The molecule has 0 radical (unpaired) electrons. The van der Waals surface area contributed by atoms with Gasteiger partial charge in [-0.1, -0.05) is 6.42 Å². The summed E-state index contributed by atoms with van der Waals surface area (Å²) in [6.07, 6.45) is 17.9. The molecule has 1 aliphatic rings. The number of aromatic amines is 1. The number of nitrogens with one attached hydrogen (secondary N) is 1. The second-order valence-electron chi connectivity index (χ2n) is 8.91. The lowest BCUT2D eigenvalue weighted by molar-refractivity contribution is 0.160. The Labute approximate surface area is 183 Å². The quantitative estimate of drug-likeness (QED) is 0.466. The van der Waals surface area contributed by atoms with Crippen molar-refractivity contribution in [1.82, 2.24) is 34.2 Å². The van der Waals surface area contributed by atoms with E-state index in [-0.39, 0.29) is 0 Å². The highest BCUT2D eigenvalue weighted by atomic mass is 15.2. The first kappa shape index (κ1) is 20.0. The van der Waals surface area contributed by atoms with Gasteiger partial charge in [0.25, 0.3) is 0 Å². The van der Waals surface area contributed by atoms with Gasteiger partial charge in [-0.25, -0.2) is 4.98 Å². The Bertz CT molecular complexity index is 1070. The molecule has 4 aromatic rings. The van der Waals surface area contributed by atoms with Crippen LogP contribution in [0.25, 0.3) is 16.6 Å². The van der Waals surface area contributed by atoms with Crippen LogP contribution in [0, 0.1) is 5.92 Å². The van der Waals surface area contributed by atoms with E-state index in [4.69, 9.17) is 0 Å². The zero-order valence-corrected chi connectivity index (χ0v) is 18.2. The molecule has 1 aromatic carbocycles. The Balaban J connectivity index is 1.11. The first-order valence-electron chi connectivity index (χ1n) is 11.4. The lowest BCUT2D eigenvalue weighted by Crippen LogP contribution is -2.37. The monoisotopic (exact) mass is 417 g/mol. The Morgan fingerprint density at radius 1 is 1.13 bits per heavy atom. The van der Waals surface area contributed by atoms with Crippen LogP contribution in [0.3, 0.4) is 0 Å². The van der Waals surface area contributed by atoms with E-state index in [1.807, 2.05) is 17.1 Å². The Kier molecular flexibility index (Phi) is 5.84. The van der Waals surface area contributed by atoms with Gasteiger partial charge in [-0.15, -0.1) is 10.2 Å². The molecule has 4 heterocycles. The standard InChI is InChI=1S/C24H31N7/c1-19(30-12-9-25-16-30)15-29-10-7-20(8-11-29)3-2-4-21-14-26-24-6-5-22(13-23(21)24)31-17-27-28-18-31/h5-6,9,12-14,16-20,26H,2-4,7-8,10-11,15H2,1H3. The number of hydrogen-bond acceptors (Lipinski definition) is 4. The van der Waals surface area contributed by atoms with Crippen LogP contribution in [-0.4, -0.2) is 53.8 Å². The average molecular weight is 418 g/mol. The van der Waals surface area contributed by atoms with Crippen molar-refractivity contribution in [2.45, 2.75) is 45.1 Å². The fourth-order valence-corrected chi connectivity index (χ4v) is 4.90. The number of imidazole rings is 1. The third kappa shape index (κ3) is 4.56. The van der Waals surface area contributed by atoms with Crippen molar-refractivity contribution in [2.24, 2.45) is 5.92 Å². The summed E-state index contributed by atoms with van der Waals surface area (Å²) in [5.41, 5.74) is 3.72. The number of aryl methyl sites for hydroxylation is 1. The normalized spacial score (nSPS) is 16.8. The van der Waals surface area contributed by atoms with Crippen molar-refractivity contribution in [3.8, 4) is 5.69 Å². The molecule has 31 heavy (non-hydrogen) atoms. The molecule has 162 valence electrons. The summed E-state index contributed by atoms with van der Waals surface area (Å²) in [7, 11) is 0. The van der Waals surface area contributed by atoms with Gasteiger partial charge in [0.2, 0.25) is 0 Å². The Morgan fingerprint density at radius 3 is 2.74 bits per heavy atom. The topological polar surface area (TPSA) is 67.6 Å². The van der Waals surface area contributed by atoms with Crippen molar-refractivity contribution in [1.29, 1.82) is 0 Å². The molecule has 3 aromatic heterocycles. The van der Waals surface area contributed by atoms with Gasteiger partial charge in [0.05, 0.1) is 6.33 Å². The van der Waals surface area contributed by atoms with Crippen LogP contribution >= 0.6 is 0 Å². The van der Waals surface area contributed by atoms with Gasteiger partial charge in [0, 0.05) is 47.8 Å². The van der Waals surface area contributed by atoms with Gasteiger partial charge >= 0.3 is 0 Å². The summed E-state index contributed by atoms with van der Waals surface area (Å²) in [6, 6.07) is 6.98. The smallest absolute Gasteiger partial charge is 0.123 e. The average Bonchev–Trinajstić information content (AvgIpc) is 3.56. The van der Waals surface area contributed by atoms with Crippen molar-refractivity contribution in [3.05, 3.63) is 61.3 Å². The maximum atomic E-state index is 4.18. The van der Waals surface area contributed by atoms with Crippen molar-refractivity contribution < 1.29 is 0 Å². The van der Waals surface area contributed by atoms with E-state index in [1.165, 1.54) is 55.2 Å². The zero-order valence-electron chi connectivity index (χ0n) is 18.2. The lowest BCUT2D eigenvalue weighted by Gasteiger charge is -2.33. The fourth-order valence-electron chi connectivity index (χ4n) is 4.90. The van der Waals surface area contributed by atoms with E-state index in [9.17, 15) is 0 Å². The minimum atomic E-state index is 0.490. The maximum Gasteiger partial charge on any atom is 0.123 e. The fraction of sp³-hybridized carbons (Fsp3) is 0.458. The van der Waals surface area contributed by atoms with E-state index >= 15 is 0 Å².